The zero-order chi connectivity index (χ0) is 27.0. The highest BCUT2D eigenvalue weighted by atomic mass is 16.6. The summed E-state index contributed by atoms with van der Waals surface area (Å²) in [7, 11) is 1.58. The number of hydrogen-bond donors (Lipinski definition) is 1. The van der Waals surface area contributed by atoms with Crippen LogP contribution in [-0.4, -0.2) is 42.0 Å². The van der Waals surface area contributed by atoms with Gasteiger partial charge in [-0.25, -0.2) is 0 Å². The first kappa shape index (κ1) is 25.4. The third-order valence-electron chi connectivity index (χ3n) is 6.94. The fourth-order valence-electron chi connectivity index (χ4n) is 4.87. The normalized spacial score (nSPS) is 18.5. The van der Waals surface area contributed by atoms with Gasteiger partial charge < -0.3 is 24.2 Å². The standard InChI is InChI=1S/C31H31NO6/c1-31(2,3)22-11-8-20(9-12-22)27-26(28(33)21-10-13-24-25(17-21)38-15-14-37-24)29(34)30(35)32(27)18-19-6-5-7-23(16-19)36-4/h5-13,16-17,27,33H,14-15,18H2,1-4H3/b28-26-. The molecule has 3 aromatic rings. The number of likely N-dealkylation sites (tertiary alicyclic amines) is 1. The fourth-order valence-corrected chi connectivity index (χ4v) is 4.87. The van der Waals surface area contributed by atoms with Crippen LogP contribution in [0.4, 0.5) is 0 Å². The van der Waals surface area contributed by atoms with Gasteiger partial charge in [0.05, 0.1) is 18.7 Å². The van der Waals surface area contributed by atoms with Crippen molar-refractivity contribution in [2.75, 3.05) is 20.3 Å². The van der Waals surface area contributed by atoms with Crippen molar-refractivity contribution in [1.29, 1.82) is 0 Å². The van der Waals surface area contributed by atoms with Gasteiger partial charge in [-0.2, -0.15) is 0 Å². The first-order valence-corrected chi connectivity index (χ1v) is 12.6. The van der Waals surface area contributed by atoms with Gasteiger partial charge in [-0.3, -0.25) is 9.59 Å². The van der Waals surface area contributed by atoms with Gasteiger partial charge in [0, 0.05) is 12.1 Å². The van der Waals surface area contributed by atoms with Crippen molar-refractivity contribution in [2.45, 2.75) is 38.8 Å². The lowest BCUT2D eigenvalue weighted by molar-refractivity contribution is -0.140. The van der Waals surface area contributed by atoms with E-state index in [0.29, 0.717) is 36.0 Å². The number of rotatable bonds is 5. The average molecular weight is 514 g/mol. The van der Waals surface area contributed by atoms with Crippen molar-refractivity contribution >= 4 is 17.4 Å². The lowest BCUT2D eigenvalue weighted by Crippen LogP contribution is -2.29. The number of carbonyl (C=O) groups excluding carboxylic acids is 2. The molecule has 1 fully saturated rings. The Hall–Kier alpha value is -4.26. The van der Waals surface area contributed by atoms with E-state index in [0.717, 1.165) is 16.7 Å². The van der Waals surface area contributed by atoms with Gasteiger partial charge in [0.15, 0.2) is 11.5 Å². The van der Waals surface area contributed by atoms with Gasteiger partial charge in [-0.05, 0) is 52.4 Å². The summed E-state index contributed by atoms with van der Waals surface area (Å²) in [5, 5.41) is 11.5. The van der Waals surface area contributed by atoms with Crippen molar-refractivity contribution in [2.24, 2.45) is 0 Å². The monoisotopic (exact) mass is 513 g/mol. The van der Waals surface area contributed by atoms with Crippen LogP contribution in [0.15, 0.2) is 72.3 Å². The molecule has 1 unspecified atom stereocenters. The van der Waals surface area contributed by atoms with Crippen LogP contribution in [0.2, 0.25) is 0 Å². The summed E-state index contributed by atoms with van der Waals surface area (Å²) in [5.41, 5.74) is 3.02. The molecule has 5 rings (SSSR count). The van der Waals surface area contributed by atoms with E-state index < -0.39 is 17.7 Å². The number of Topliss-reactive ketones (excluding diaryl/α,β-unsaturated/α-hetero) is 1. The minimum Gasteiger partial charge on any atom is -0.507 e. The van der Waals surface area contributed by atoms with Gasteiger partial charge in [-0.1, -0.05) is 57.2 Å². The highest BCUT2D eigenvalue weighted by Gasteiger charge is 2.46. The van der Waals surface area contributed by atoms with Gasteiger partial charge in [-0.15, -0.1) is 0 Å². The lowest BCUT2D eigenvalue weighted by Gasteiger charge is -2.27. The summed E-state index contributed by atoms with van der Waals surface area (Å²) >= 11 is 0. The van der Waals surface area contributed by atoms with Crippen LogP contribution in [0, 0.1) is 0 Å². The number of aliphatic hydroxyl groups is 1. The quantitative estimate of drug-likeness (QED) is 0.280. The van der Waals surface area contributed by atoms with E-state index in [2.05, 4.69) is 20.8 Å². The molecule has 0 aliphatic carbocycles. The molecule has 3 aromatic carbocycles. The molecule has 7 nitrogen and oxygen atoms in total. The second-order valence-electron chi connectivity index (χ2n) is 10.5. The van der Waals surface area contributed by atoms with Crippen LogP contribution in [0.25, 0.3) is 5.76 Å². The molecule has 0 aromatic heterocycles. The largest absolute Gasteiger partial charge is 0.507 e. The molecular weight excluding hydrogens is 482 g/mol. The van der Waals surface area contributed by atoms with E-state index in [-0.39, 0.29) is 23.3 Å². The predicted molar refractivity (Wildman–Crippen MR) is 143 cm³/mol. The number of aliphatic hydroxyl groups excluding tert-OH is 1. The highest BCUT2D eigenvalue weighted by Crippen LogP contribution is 2.42. The molecule has 2 aliphatic heterocycles. The molecule has 7 heteroatoms. The van der Waals surface area contributed by atoms with E-state index in [1.165, 1.54) is 4.90 Å². The SMILES string of the molecule is COc1cccc(CN2C(=O)C(=O)/C(=C(\O)c3ccc4c(c3)OCCO4)C2c2ccc(C(C)(C)C)cc2)c1. The van der Waals surface area contributed by atoms with Crippen LogP contribution < -0.4 is 14.2 Å². The fraction of sp³-hybridized carbons (Fsp3) is 0.290. The van der Waals surface area contributed by atoms with Crippen LogP contribution in [0.5, 0.6) is 17.2 Å². The van der Waals surface area contributed by atoms with E-state index in [4.69, 9.17) is 14.2 Å². The van der Waals surface area contributed by atoms with Gasteiger partial charge >= 0.3 is 0 Å². The van der Waals surface area contributed by atoms with Crippen LogP contribution >= 0.6 is 0 Å². The van der Waals surface area contributed by atoms with Crippen molar-refractivity contribution in [3.63, 3.8) is 0 Å². The Balaban J connectivity index is 1.62. The summed E-state index contributed by atoms with van der Waals surface area (Å²) in [6.45, 7) is 7.38. The molecule has 2 aliphatic rings. The van der Waals surface area contributed by atoms with Gasteiger partial charge in [0.1, 0.15) is 24.7 Å². The minimum absolute atomic E-state index is 0.0399. The number of ketones is 1. The molecule has 38 heavy (non-hydrogen) atoms. The minimum atomic E-state index is -0.775. The Morgan fingerprint density at radius 1 is 0.974 bits per heavy atom. The summed E-state index contributed by atoms with van der Waals surface area (Å²) in [6, 6.07) is 19.5. The zero-order valence-corrected chi connectivity index (χ0v) is 22.0. The Labute approximate surface area is 222 Å². The Morgan fingerprint density at radius 2 is 1.68 bits per heavy atom. The lowest BCUT2D eigenvalue weighted by atomic mass is 9.85. The molecule has 1 saturated heterocycles. The molecule has 0 spiro atoms. The molecular formula is C31H31NO6. The Morgan fingerprint density at radius 3 is 2.37 bits per heavy atom. The molecule has 1 N–H and O–H groups in total. The van der Waals surface area contributed by atoms with Gasteiger partial charge in [0.25, 0.3) is 11.7 Å². The predicted octanol–water partition coefficient (Wildman–Crippen LogP) is 5.39. The average Bonchev–Trinajstić information content (AvgIpc) is 3.17. The zero-order valence-electron chi connectivity index (χ0n) is 22.0. The summed E-state index contributed by atoms with van der Waals surface area (Å²) in [4.78, 5) is 28.4. The second-order valence-corrected chi connectivity index (χ2v) is 10.5. The molecule has 1 amide bonds. The number of ether oxygens (including phenoxy) is 3. The van der Waals surface area contributed by atoms with Gasteiger partial charge in [0.2, 0.25) is 0 Å². The molecule has 0 bridgehead atoms. The van der Waals surface area contributed by atoms with Crippen LogP contribution in [0.1, 0.15) is 49.1 Å². The number of carbonyl (C=O) groups is 2. The van der Waals surface area contributed by atoms with Crippen LogP contribution in [-0.2, 0) is 21.5 Å². The molecule has 0 saturated carbocycles. The summed E-state index contributed by atoms with van der Waals surface area (Å²) in [6.07, 6.45) is 0. The molecule has 0 radical (unpaired) electrons. The van der Waals surface area contributed by atoms with Crippen molar-refractivity contribution in [3.8, 4) is 17.2 Å². The number of nitrogens with zero attached hydrogens (tertiary/aromatic N) is 1. The number of methoxy groups -OCH3 is 1. The van der Waals surface area contributed by atoms with Crippen molar-refractivity contribution in [1.82, 2.24) is 4.90 Å². The summed E-state index contributed by atoms with van der Waals surface area (Å²) in [5.74, 6) is 0.0550. The number of benzene rings is 3. The maximum atomic E-state index is 13.5. The second kappa shape index (κ2) is 9.89. The van der Waals surface area contributed by atoms with E-state index >= 15 is 0 Å². The Kier molecular flexibility index (Phi) is 6.61. The molecule has 1 atom stereocenters. The van der Waals surface area contributed by atoms with E-state index in [1.54, 1.807) is 25.3 Å². The van der Waals surface area contributed by atoms with E-state index in [9.17, 15) is 14.7 Å². The maximum absolute atomic E-state index is 13.5. The third kappa shape index (κ3) is 4.72. The van der Waals surface area contributed by atoms with Crippen molar-refractivity contribution < 1.29 is 28.9 Å². The third-order valence-corrected chi connectivity index (χ3v) is 6.94. The van der Waals surface area contributed by atoms with Crippen LogP contribution in [0.3, 0.4) is 0 Å². The van der Waals surface area contributed by atoms with E-state index in [1.807, 2.05) is 48.5 Å². The summed E-state index contributed by atoms with van der Waals surface area (Å²) < 4.78 is 16.6. The molecule has 2 heterocycles. The topological polar surface area (TPSA) is 85.3 Å². The smallest absolute Gasteiger partial charge is 0.295 e. The molecule has 196 valence electrons. The van der Waals surface area contributed by atoms with Crippen molar-refractivity contribution in [3.05, 3.63) is 94.6 Å². The first-order valence-electron chi connectivity index (χ1n) is 12.6. The number of fused-ring (bicyclic) bond motifs is 1. The first-order chi connectivity index (χ1) is 18.2. The number of hydrogen-bond acceptors (Lipinski definition) is 6. The number of amides is 1. The highest BCUT2D eigenvalue weighted by molar-refractivity contribution is 6.46. The maximum Gasteiger partial charge on any atom is 0.295 e. The Bertz CT molecular complexity index is 1420.